The molecule has 1 heterocycles. The predicted molar refractivity (Wildman–Crippen MR) is 298 cm³/mol. The summed E-state index contributed by atoms with van der Waals surface area (Å²) in [5.74, 6) is -3.42. The molecule has 10 N–H and O–H groups in total. The molecular weight excluding hydrogens is 999 g/mol. The van der Waals surface area contributed by atoms with E-state index in [0.29, 0.717) is 18.4 Å². The van der Waals surface area contributed by atoms with Gasteiger partial charge < -0.3 is 57.6 Å². The number of nitrogens with zero attached hydrogens (tertiary/aromatic N) is 1. The molecule has 0 unspecified atom stereocenters. The first kappa shape index (κ1) is 60.4. The van der Waals surface area contributed by atoms with Crippen LogP contribution in [-0.4, -0.2) is 143 Å². The molecule has 6 rings (SSSR count). The van der Waals surface area contributed by atoms with E-state index in [1.165, 1.54) is 5.56 Å². The fourth-order valence-corrected chi connectivity index (χ4v) is 11.4. The Hall–Kier alpha value is -5.86. The number of thioether (sulfide) groups is 1. The minimum Gasteiger partial charge on any atom is -0.394 e. The maximum Gasteiger partial charge on any atom is 0.246 e. The molecule has 1 fully saturated rings. The van der Waals surface area contributed by atoms with Gasteiger partial charge in [-0.15, -0.1) is 11.8 Å². The summed E-state index contributed by atoms with van der Waals surface area (Å²) in [6.45, 7) is 11.7. The minimum absolute atomic E-state index is 0.0562. The van der Waals surface area contributed by atoms with Gasteiger partial charge in [0.1, 0.15) is 24.2 Å². The van der Waals surface area contributed by atoms with Crippen LogP contribution in [0.1, 0.15) is 132 Å². The van der Waals surface area contributed by atoms with Crippen molar-refractivity contribution < 1.29 is 43.8 Å². The Morgan fingerprint density at radius 3 is 1.73 bits per heavy atom. The minimum atomic E-state index is -1.24. The van der Waals surface area contributed by atoms with Crippen molar-refractivity contribution in [3.8, 4) is 0 Å². The van der Waals surface area contributed by atoms with Gasteiger partial charge in [0, 0.05) is 23.6 Å². The van der Waals surface area contributed by atoms with Gasteiger partial charge in [0.15, 0.2) is 0 Å². The van der Waals surface area contributed by atoms with Crippen molar-refractivity contribution in [2.45, 2.75) is 165 Å². The van der Waals surface area contributed by atoms with E-state index in [1.807, 2.05) is 81.4 Å². The molecule has 18 nitrogen and oxygen atoms in total. The quantitative estimate of drug-likeness (QED) is 0.0658. The van der Waals surface area contributed by atoms with Gasteiger partial charge in [0.25, 0.3) is 0 Å². The number of aliphatic hydroxyl groups excluding tert-OH is 2. The monoisotopic (exact) mass is 1080 g/mol. The third kappa shape index (κ3) is 15.7. The SMILES string of the molecule is CN[C@@H](C)C(=O)N[C@H](C(=O)N1C[C@@H](c2ccc(C[C@H](NC(=O)[C@@H](NC(=O)[C@H](C)NC)C(C)(C)SCC(=O)NC(CO)CO)C(=O)N[C@@H]3CCCc4ccccc43)cc2)C[C@H]1C(=O)N[C@@H]1CCCc2ccccc21)C(C)(C)C. The van der Waals surface area contributed by atoms with Gasteiger partial charge in [-0.05, 0) is 126 Å². The van der Waals surface area contributed by atoms with Gasteiger partial charge >= 0.3 is 0 Å². The lowest BCUT2D eigenvalue weighted by molar-refractivity contribution is -0.144. The van der Waals surface area contributed by atoms with Crippen molar-refractivity contribution >= 4 is 53.1 Å². The van der Waals surface area contributed by atoms with Gasteiger partial charge in [-0.3, -0.25) is 33.6 Å². The molecular formula is C58H83N9O9S. The maximum atomic E-state index is 14.9. The average Bonchev–Trinajstić information content (AvgIpc) is 3.89. The van der Waals surface area contributed by atoms with Gasteiger partial charge in [-0.2, -0.15) is 0 Å². The second-order valence-corrected chi connectivity index (χ2v) is 24.2. The van der Waals surface area contributed by atoms with E-state index in [0.717, 1.165) is 66.1 Å². The molecule has 2 aliphatic carbocycles. The lowest BCUT2D eigenvalue weighted by Crippen LogP contribution is -2.62. The summed E-state index contributed by atoms with van der Waals surface area (Å²) in [6, 6.07) is 16.9. The molecule has 7 amide bonds. The number of likely N-dealkylation sites (tertiary alicyclic amines) is 1. The standard InChI is InChI=1S/C58H83N9O9S/c1-34(59-8)51(71)65-49(58(6,7)77-33-48(70)61-41(31-68)32-69)55(75)64-46(53(73)62-44-22-14-18-38-16-10-12-20-42(38)44)28-36-24-26-37(27-25-36)40-29-47(54(74)63-45-23-15-19-39-17-11-13-21-43(39)45)67(30-40)56(76)50(57(3,4)5)66-52(72)35(2)60-9/h10-13,16-17,20-21,24-27,34-35,40-41,44-47,49-50,59-60,68-69H,14-15,18-19,22-23,28-33H2,1-9H3,(H,61,70)(H,62,73)(H,63,74)(H,64,75)(H,65,71)(H,66,72)/t34-,35-,40-,44+,45+,46-,47-,49+,50+/m0/s1. The van der Waals surface area contributed by atoms with Crippen molar-refractivity contribution in [1.29, 1.82) is 0 Å². The van der Waals surface area contributed by atoms with Crippen LogP contribution in [0.3, 0.4) is 0 Å². The van der Waals surface area contributed by atoms with E-state index < -0.39 is 89.3 Å². The molecule has 0 aromatic heterocycles. The Labute approximate surface area is 458 Å². The number of rotatable bonds is 23. The fourth-order valence-electron chi connectivity index (χ4n) is 10.5. The summed E-state index contributed by atoms with van der Waals surface area (Å²) in [5.41, 5.74) is 5.29. The Balaban J connectivity index is 1.29. The number of hydrogen-bond donors (Lipinski definition) is 10. The Bertz CT molecular complexity index is 2550. The molecule has 1 saturated heterocycles. The summed E-state index contributed by atoms with van der Waals surface area (Å²) < 4.78 is -1.13. The first-order valence-corrected chi connectivity index (χ1v) is 28.1. The van der Waals surface area contributed by atoms with Crippen LogP contribution < -0.4 is 42.5 Å². The Morgan fingerprint density at radius 2 is 1.19 bits per heavy atom. The summed E-state index contributed by atoms with van der Waals surface area (Å²) >= 11 is 1.10. The highest BCUT2D eigenvalue weighted by molar-refractivity contribution is 8.01. The molecule has 420 valence electrons. The molecule has 0 bridgehead atoms. The Morgan fingerprint density at radius 1 is 0.662 bits per heavy atom. The van der Waals surface area contributed by atoms with Gasteiger partial charge in [0.2, 0.25) is 41.4 Å². The first-order valence-electron chi connectivity index (χ1n) is 27.1. The lowest BCUT2D eigenvalue weighted by Gasteiger charge is -2.36. The third-order valence-electron chi connectivity index (χ3n) is 15.5. The number of carbonyl (C=O) groups is 7. The molecule has 0 saturated carbocycles. The predicted octanol–water partition coefficient (Wildman–Crippen LogP) is 3.00. The number of nitrogens with one attached hydrogen (secondary N) is 8. The number of aryl methyl sites for hydroxylation is 2. The van der Waals surface area contributed by atoms with Crippen molar-refractivity contribution in [2.24, 2.45) is 5.41 Å². The normalized spacial score (nSPS) is 20.3. The van der Waals surface area contributed by atoms with E-state index in [4.69, 9.17) is 0 Å². The number of hydrogen-bond acceptors (Lipinski definition) is 12. The van der Waals surface area contributed by atoms with Crippen LogP contribution in [-0.2, 0) is 52.8 Å². The topological polar surface area (TPSA) is 259 Å². The third-order valence-corrected chi connectivity index (χ3v) is 16.8. The fraction of sp³-hybridized carbons (Fsp3) is 0.569. The molecule has 19 heteroatoms. The van der Waals surface area contributed by atoms with Gasteiger partial charge in [-0.1, -0.05) is 93.6 Å². The van der Waals surface area contributed by atoms with E-state index in [-0.39, 0.29) is 54.4 Å². The van der Waals surface area contributed by atoms with E-state index >= 15 is 0 Å². The number of carbonyl (C=O) groups excluding carboxylic acids is 7. The number of likely N-dealkylation sites (N-methyl/N-ethyl adjacent to an activating group) is 2. The van der Waals surface area contributed by atoms with Crippen molar-refractivity contribution in [1.82, 2.24) is 47.4 Å². The maximum absolute atomic E-state index is 14.9. The van der Waals surface area contributed by atoms with Gasteiger partial charge in [-0.25, -0.2) is 0 Å². The highest BCUT2D eigenvalue weighted by Gasteiger charge is 2.46. The molecule has 3 aromatic rings. The zero-order chi connectivity index (χ0) is 56.2. The smallest absolute Gasteiger partial charge is 0.246 e. The van der Waals surface area contributed by atoms with Crippen LogP contribution in [0.4, 0.5) is 0 Å². The summed E-state index contributed by atoms with van der Waals surface area (Å²) in [5, 5.41) is 42.8. The summed E-state index contributed by atoms with van der Waals surface area (Å²) in [4.78, 5) is 100. The highest BCUT2D eigenvalue weighted by atomic mass is 32.2. The molecule has 9 atom stereocenters. The van der Waals surface area contributed by atoms with Crippen LogP contribution in [0.2, 0.25) is 0 Å². The highest BCUT2D eigenvalue weighted by Crippen LogP contribution is 2.37. The second-order valence-electron chi connectivity index (χ2n) is 22.5. The zero-order valence-electron chi connectivity index (χ0n) is 46.3. The number of amides is 7. The van der Waals surface area contributed by atoms with Crippen LogP contribution in [0.25, 0.3) is 0 Å². The van der Waals surface area contributed by atoms with Gasteiger partial charge in [0.05, 0.1) is 49.2 Å². The average molecular weight is 1080 g/mol. The molecule has 3 aliphatic rings. The molecule has 77 heavy (non-hydrogen) atoms. The number of benzene rings is 3. The van der Waals surface area contributed by atoms with E-state index in [1.54, 1.807) is 46.7 Å². The molecule has 0 radical (unpaired) electrons. The summed E-state index contributed by atoms with van der Waals surface area (Å²) in [7, 11) is 3.29. The van der Waals surface area contributed by atoms with Crippen molar-refractivity contribution in [3.05, 3.63) is 106 Å². The van der Waals surface area contributed by atoms with Crippen LogP contribution in [0.5, 0.6) is 0 Å². The van der Waals surface area contributed by atoms with E-state index in [2.05, 4.69) is 54.7 Å². The molecule has 0 spiro atoms. The first-order chi connectivity index (χ1) is 36.6. The van der Waals surface area contributed by atoms with Crippen molar-refractivity contribution in [2.75, 3.05) is 39.6 Å². The van der Waals surface area contributed by atoms with Crippen LogP contribution in [0.15, 0.2) is 72.8 Å². The zero-order valence-corrected chi connectivity index (χ0v) is 47.1. The van der Waals surface area contributed by atoms with Crippen LogP contribution in [0, 0.1) is 5.41 Å². The van der Waals surface area contributed by atoms with Crippen molar-refractivity contribution in [3.63, 3.8) is 0 Å². The number of fused-ring (bicyclic) bond motifs is 2. The molecule has 3 aromatic carbocycles. The lowest BCUT2D eigenvalue weighted by atomic mass is 9.85. The summed E-state index contributed by atoms with van der Waals surface area (Å²) in [6.07, 6.45) is 5.42. The Kier molecular flexibility index (Phi) is 21.3. The molecule has 1 aliphatic heterocycles. The van der Waals surface area contributed by atoms with E-state index in [9.17, 15) is 43.8 Å². The largest absolute Gasteiger partial charge is 0.394 e. The number of aliphatic hydroxyl groups is 2. The second kappa shape index (κ2) is 27.1. The van der Waals surface area contributed by atoms with Crippen LogP contribution >= 0.6 is 11.8 Å².